The number of anilines is 1. The van der Waals surface area contributed by atoms with Gasteiger partial charge >= 0.3 is 0 Å². The lowest BCUT2D eigenvalue weighted by Crippen LogP contribution is -2.33. The average molecular weight is 626 g/mol. The molecule has 0 atom stereocenters. The number of hydrogen-bond acceptors (Lipinski definition) is 9. The first-order chi connectivity index (χ1) is 19.7. The van der Waals surface area contributed by atoms with Crippen LogP contribution in [0.2, 0.25) is 0 Å². The highest BCUT2D eigenvalue weighted by Gasteiger charge is 2.19. The summed E-state index contributed by atoms with van der Waals surface area (Å²) in [5.74, 6) is 0.236. The number of rotatable bonds is 12. The second kappa shape index (κ2) is 14.6. The third kappa shape index (κ3) is 7.71. The minimum Gasteiger partial charge on any atom is -0.495 e. The van der Waals surface area contributed by atoms with Gasteiger partial charge in [0.2, 0.25) is 0 Å². The Morgan fingerprint density at radius 1 is 1.07 bits per heavy atom. The minimum atomic E-state index is -0.601. The molecule has 3 rings (SSSR count). The molecule has 0 radical (unpaired) electrons. The summed E-state index contributed by atoms with van der Waals surface area (Å²) in [6.45, 7) is 1.10. The molecule has 214 valence electrons. The van der Waals surface area contributed by atoms with Crippen LogP contribution in [0.1, 0.15) is 22.4 Å². The second-order valence-corrected chi connectivity index (χ2v) is 9.22. The Bertz CT molecular complexity index is 1560. The van der Waals surface area contributed by atoms with Crippen molar-refractivity contribution >= 4 is 39.6 Å². The molecule has 41 heavy (non-hydrogen) atoms. The SMILES string of the molecule is COCc1c(Br)c(C)n(CC(=O)N/N=C\c2ccc(OCC(=O)Nc3ccccc3OC)c(OC)c2)c(=O)c1C#N. The summed E-state index contributed by atoms with van der Waals surface area (Å²) in [5, 5.41) is 16.1. The van der Waals surface area contributed by atoms with Crippen molar-refractivity contribution in [2.24, 2.45) is 5.10 Å². The van der Waals surface area contributed by atoms with Gasteiger partial charge < -0.3 is 28.8 Å². The van der Waals surface area contributed by atoms with Crippen molar-refractivity contribution in [3.63, 3.8) is 0 Å². The molecule has 0 fully saturated rings. The Labute approximate surface area is 244 Å². The molecule has 0 saturated carbocycles. The largest absolute Gasteiger partial charge is 0.495 e. The van der Waals surface area contributed by atoms with Crippen molar-refractivity contribution in [1.82, 2.24) is 9.99 Å². The Morgan fingerprint density at radius 2 is 1.80 bits per heavy atom. The highest BCUT2D eigenvalue weighted by molar-refractivity contribution is 9.10. The van der Waals surface area contributed by atoms with Crippen LogP contribution in [-0.2, 0) is 27.5 Å². The third-order valence-corrected chi connectivity index (χ3v) is 6.83. The summed E-state index contributed by atoms with van der Waals surface area (Å²) in [4.78, 5) is 37.7. The fraction of sp³-hybridized carbons (Fsp3) is 0.250. The van der Waals surface area contributed by atoms with E-state index in [4.69, 9.17) is 18.9 Å². The molecule has 0 aliphatic rings. The molecule has 0 bridgehead atoms. The number of pyridine rings is 1. The number of carbonyl (C=O) groups is 2. The number of halogens is 1. The topological polar surface area (TPSA) is 153 Å². The molecule has 1 aromatic heterocycles. The molecular formula is C28H28BrN5O7. The van der Waals surface area contributed by atoms with Gasteiger partial charge in [0, 0.05) is 22.8 Å². The summed E-state index contributed by atoms with van der Waals surface area (Å²) in [5.41, 5.74) is 3.64. The number of hydrogen-bond donors (Lipinski definition) is 2. The van der Waals surface area contributed by atoms with Crippen LogP contribution in [0.15, 0.2) is 56.8 Å². The normalized spacial score (nSPS) is 10.6. The van der Waals surface area contributed by atoms with Crippen LogP contribution in [0, 0.1) is 18.3 Å². The van der Waals surface area contributed by atoms with E-state index >= 15 is 0 Å². The number of nitrogens with one attached hydrogen (secondary N) is 2. The van der Waals surface area contributed by atoms with Crippen molar-refractivity contribution in [3.8, 4) is 23.3 Å². The molecule has 0 unspecified atom stereocenters. The van der Waals surface area contributed by atoms with Crippen LogP contribution in [0.25, 0.3) is 0 Å². The predicted octanol–water partition coefficient (Wildman–Crippen LogP) is 3.12. The van der Waals surface area contributed by atoms with Gasteiger partial charge in [-0.3, -0.25) is 14.4 Å². The number of amides is 2. The van der Waals surface area contributed by atoms with Crippen molar-refractivity contribution in [3.05, 3.63) is 79.7 Å². The number of nitriles is 1. The Hall–Kier alpha value is -4.67. The number of ether oxygens (including phenoxy) is 4. The van der Waals surface area contributed by atoms with E-state index in [9.17, 15) is 19.6 Å². The van der Waals surface area contributed by atoms with Crippen LogP contribution >= 0.6 is 15.9 Å². The molecule has 3 aromatic rings. The van der Waals surface area contributed by atoms with Gasteiger partial charge in [0.15, 0.2) is 18.1 Å². The summed E-state index contributed by atoms with van der Waals surface area (Å²) < 4.78 is 23.0. The number of benzene rings is 2. The van der Waals surface area contributed by atoms with Gasteiger partial charge in [-0.1, -0.05) is 12.1 Å². The summed E-state index contributed by atoms with van der Waals surface area (Å²) in [6.07, 6.45) is 1.38. The molecule has 0 saturated heterocycles. The number of methoxy groups -OCH3 is 3. The Balaban J connectivity index is 1.63. The Morgan fingerprint density at radius 3 is 2.49 bits per heavy atom. The zero-order valence-electron chi connectivity index (χ0n) is 22.8. The van der Waals surface area contributed by atoms with Crippen molar-refractivity contribution in [2.45, 2.75) is 20.1 Å². The van der Waals surface area contributed by atoms with Gasteiger partial charge in [0.05, 0.1) is 32.7 Å². The van der Waals surface area contributed by atoms with Crippen LogP contribution in [-0.4, -0.2) is 50.5 Å². The predicted molar refractivity (Wildman–Crippen MR) is 154 cm³/mol. The lowest BCUT2D eigenvalue weighted by Gasteiger charge is -2.15. The van der Waals surface area contributed by atoms with Gasteiger partial charge in [-0.2, -0.15) is 10.4 Å². The van der Waals surface area contributed by atoms with Gasteiger partial charge in [-0.05, 0) is 58.7 Å². The molecule has 2 N–H and O–H groups in total. The molecule has 12 nitrogen and oxygen atoms in total. The van der Waals surface area contributed by atoms with E-state index < -0.39 is 11.5 Å². The van der Waals surface area contributed by atoms with Crippen molar-refractivity contribution in [1.29, 1.82) is 5.26 Å². The number of hydrazone groups is 1. The number of para-hydroxylation sites is 2. The van der Waals surface area contributed by atoms with Crippen molar-refractivity contribution in [2.75, 3.05) is 33.3 Å². The van der Waals surface area contributed by atoms with Crippen LogP contribution < -0.4 is 30.5 Å². The molecule has 0 spiro atoms. The molecule has 0 aliphatic carbocycles. The average Bonchev–Trinajstić information content (AvgIpc) is 2.97. The maximum atomic E-state index is 12.8. The van der Waals surface area contributed by atoms with E-state index in [1.54, 1.807) is 49.4 Å². The molecule has 1 heterocycles. The number of aromatic nitrogens is 1. The maximum Gasteiger partial charge on any atom is 0.269 e. The quantitative estimate of drug-likeness (QED) is 0.230. The molecular weight excluding hydrogens is 598 g/mol. The standard InChI is InChI=1S/C28H28BrN5O7/c1-17-27(29)20(15-38-2)19(12-30)28(37)34(17)14-25(35)33-31-13-18-9-10-23(24(11-18)40-4)41-16-26(36)32-21-7-5-6-8-22(21)39-3/h5-11,13H,14-16H2,1-4H3,(H,32,36)(H,33,35)/b31-13-. The lowest BCUT2D eigenvalue weighted by molar-refractivity contribution is -0.121. The Kier molecular flexibility index (Phi) is 11.0. The lowest BCUT2D eigenvalue weighted by atomic mass is 10.1. The highest BCUT2D eigenvalue weighted by Crippen LogP contribution is 2.28. The van der Waals surface area contributed by atoms with Gasteiger partial charge in [0.25, 0.3) is 17.4 Å². The fourth-order valence-electron chi connectivity index (χ4n) is 3.77. The van der Waals surface area contributed by atoms with E-state index in [1.165, 1.54) is 32.1 Å². The van der Waals surface area contributed by atoms with E-state index in [2.05, 4.69) is 31.8 Å². The molecule has 0 aliphatic heterocycles. The second-order valence-electron chi connectivity index (χ2n) is 8.43. The van der Waals surface area contributed by atoms with Crippen LogP contribution in [0.3, 0.4) is 0 Å². The smallest absolute Gasteiger partial charge is 0.269 e. The third-order valence-electron chi connectivity index (χ3n) is 5.78. The number of nitrogens with zero attached hydrogens (tertiary/aromatic N) is 3. The van der Waals surface area contributed by atoms with E-state index in [0.717, 1.165) is 0 Å². The van der Waals surface area contributed by atoms with E-state index in [-0.39, 0.29) is 31.2 Å². The van der Waals surface area contributed by atoms with E-state index in [1.807, 2.05) is 6.07 Å². The molecule has 13 heteroatoms. The highest BCUT2D eigenvalue weighted by atomic mass is 79.9. The minimum absolute atomic E-state index is 0.0697. The first-order valence-electron chi connectivity index (χ1n) is 12.1. The maximum absolute atomic E-state index is 12.8. The van der Waals surface area contributed by atoms with Gasteiger partial charge in [-0.15, -0.1) is 0 Å². The van der Waals surface area contributed by atoms with Gasteiger partial charge in [0.1, 0.15) is 23.9 Å². The molecule has 2 aromatic carbocycles. The monoisotopic (exact) mass is 625 g/mol. The summed E-state index contributed by atoms with van der Waals surface area (Å²) in [7, 11) is 4.42. The summed E-state index contributed by atoms with van der Waals surface area (Å²) >= 11 is 3.39. The van der Waals surface area contributed by atoms with Crippen LogP contribution in [0.5, 0.6) is 17.2 Å². The summed E-state index contributed by atoms with van der Waals surface area (Å²) in [6, 6.07) is 13.8. The first kappa shape index (κ1) is 30.9. The zero-order valence-corrected chi connectivity index (χ0v) is 24.4. The van der Waals surface area contributed by atoms with E-state index in [0.29, 0.717) is 44.2 Å². The fourth-order valence-corrected chi connectivity index (χ4v) is 4.29. The zero-order chi connectivity index (χ0) is 29.9. The van der Waals surface area contributed by atoms with Gasteiger partial charge in [-0.25, -0.2) is 5.43 Å². The first-order valence-corrected chi connectivity index (χ1v) is 12.9. The van der Waals surface area contributed by atoms with Crippen molar-refractivity contribution < 1.29 is 28.5 Å². The number of carbonyl (C=O) groups excluding carboxylic acids is 2. The van der Waals surface area contributed by atoms with Crippen LogP contribution in [0.4, 0.5) is 5.69 Å². The molecule has 2 amide bonds.